The molecular weight excluding hydrogens is 721 g/mol. The lowest BCUT2D eigenvalue weighted by Gasteiger charge is -2.16. The Kier molecular flexibility index (Phi) is 8.41. The van der Waals surface area contributed by atoms with Crippen molar-refractivity contribution in [1.29, 1.82) is 0 Å². The van der Waals surface area contributed by atoms with Crippen LogP contribution in [0.3, 0.4) is 0 Å². The van der Waals surface area contributed by atoms with E-state index >= 15 is 0 Å². The van der Waals surface area contributed by atoms with Gasteiger partial charge in [0.2, 0.25) is 5.89 Å². The average Bonchev–Trinajstić information content (AvgIpc) is 3.76. The fourth-order valence-corrected chi connectivity index (χ4v) is 8.13. The molecule has 5 nitrogen and oxygen atoms in total. The van der Waals surface area contributed by atoms with Crippen LogP contribution in [0.4, 0.5) is 0 Å². The van der Waals surface area contributed by atoms with Crippen LogP contribution < -0.4 is 0 Å². The zero-order chi connectivity index (χ0) is 39.1. The molecule has 0 N–H and O–H groups in total. The van der Waals surface area contributed by atoms with Gasteiger partial charge in [-0.25, -0.2) is 19.9 Å². The van der Waals surface area contributed by atoms with Gasteiger partial charge in [0.05, 0.1) is 0 Å². The maximum absolute atomic E-state index is 6.21. The van der Waals surface area contributed by atoms with Gasteiger partial charge in [-0.1, -0.05) is 182 Å². The molecule has 0 fully saturated rings. The van der Waals surface area contributed by atoms with Crippen LogP contribution in [0, 0.1) is 0 Å². The summed E-state index contributed by atoms with van der Waals surface area (Å²) < 4.78 is 6.21. The lowest BCUT2D eigenvalue weighted by atomic mass is 9.88. The minimum absolute atomic E-state index is 0.625. The first kappa shape index (κ1) is 34.2. The number of hydrogen-bond acceptors (Lipinski definition) is 5. The first-order valence-corrected chi connectivity index (χ1v) is 19.7. The van der Waals surface area contributed by atoms with E-state index in [0.717, 1.165) is 77.5 Å². The van der Waals surface area contributed by atoms with Gasteiger partial charge < -0.3 is 4.42 Å². The summed E-state index contributed by atoms with van der Waals surface area (Å²) in [5, 5.41) is 4.60. The van der Waals surface area contributed by atoms with Crippen LogP contribution in [0.1, 0.15) is 0 Å². The molecule has 0 saturated carbocycles. The number of aromatic nitrogens is 4. The molecule has 276 valence electrons. The van der Waals surface area contributed by atoms with Crippen molar-refractivity contribution in [3.8, 4) is 79.0 Å². The van der Waals surface area contributed by atoms with E-state index in [1.807, 2.05) is 84.9 Å². The summed E-state index contributed by atoms with van der Waals surface area (Å²) in [5.41, 5.74) is 12.2. The number of nitrogens with zero attached hydrogens (tertiary/aromatic N) is 4. The molecule has 0 saturated heterocycles. The molecule has 0 bridgehead atoms. The van der Waals surface area contributed by atoms with Gasteiger partial charge in [0, 0.05) is 22.3 Å². The molecule has 0 aliphatic heterocycles. The molecule has 0 aliphatic rings. The van der Waals surface area contributed by atoms with Crippen LogP contribution in [-0.2, 0) is 0 Å². The maximum atomic E-state index is 6.21. The van der Waals surface area contributed by atoms with Crippen LogP contribution >= 0.6 is 0 Å². The summed E-state index contributed by atoms with van der Waals surface area (Å²) >= 11 is 0. The highest BCUT2D eigenvalue weighted by atomic mass is 16.3. The van der Waals surface area contributed by atoms with E-state index in [0.29, 0.717) is 23.4 Å². The molecule has 0 unspecified atom stereocenters. The highest BCUT2D eigenvalue weighted by molar-refractivity contribution is 6.06. The van der Waals surface area contributed by atoms with Crippen molar-refractivity contribution in [3.63, 3.8) is 0 Å². The fourth-order valence-electron chi connectivity index (χ4n) is 8.13. The van der Waals surface area contributed by atoms with Gasteiger partial charge in [-0.3, -0.25) is 0 Å². The van der Waals surface area contributed by atoms with Gasteiger partial charge in [0.1, 0.15) is 5.52 Å². The van der Waals surface area contributed by atoms with Crippen LogP contribution in [0.2, 0.25) is 0 Å². The Hall–Kier alpha value is -8.02. The number of para-hydroxylation sites is 2. The molecule has 0 atom stereocenters. The van der Waals surface area contributed by atoms with E-state index in [4.69, 9.17) is 24.4 Å². The van der Waals surface area contributed by atoms with Gasteiger partial charge in [-0.05, 0) is 79.2 Å². The lowest BCUT2D eigenvalue weighted by Crippen LogP contribution is -2.00. The minimum atomic E-state index is 0.625. The second kappa shape index (κ2) is 14.5. The third kappa shape index (κ3) is 6.32. The number of benzene rings is 9. The van der Waals surface area contributed by atoms with Crippen LogP contribution in [0.5, 0.6) is 0 Å². The van der Waals surface area contributed by atoms with Crippen molar-refractivity contribution in [2.24, 2.45) is 0 Å². The van der Waals surface area contributed by atoms with E-state index in [-0.39, 0.29) is 0 Å². The summed E-state index contributed by atoms with van der Waals surface area (Å²) in [6.45, 7) is 0. The molecular formula is C54H34N4O. The lowest BCUT2D eigenvalue weighted by molar-refractivity contribution is 0.620. The predicted octanol–water partition coefficient (Wildman–Crippen LogP) is 14.0. The zero-order valence-corrected chi connectivity index (χ0v) is 31.8. The Morgan fingerprint density at radius 1 is 0.305 bits per heavy atom. The normalized spacial score (nSPS) is 11.4. The highest BCUT2D eigenvalue weighted by Crippen LogP contribution is 2.41. The molecule has 2 aromatic heterocycles. The smallest absolute Gasteiger partial charge is 0.227 e. The Bertz CT molecular complexity index is 3230. The molecule has 11 aromatic rings. The van der Waals surface area contributed by atoms with Crippen molar-refractivity contribution < 1.29 is 4.42 Å². The van der Waals surface area contributed by atoms with Gasteiger partial charge in [0.15, 0.2) is 23.1 Å². The van der Waals surface area contributed by atoms with Gasteiger partial charge in [-0.2, -0.15) is 0 Å². The minimum Gasteiger partial charge on any atom is -0.436 e. The van der Waals surface area contributed by atoms with Crippen molar-refractivity contribution >= 4 is 32.6 Å². The first-order chi connectivity index (χ1) is 29.2. The van der Waals surface area contributed by atoms with E-state index in [1.165, 1.54) is 10.8 Å². The third-order valence-electron chi connectivity index (χ3n) is 11.0. The van der Waals surface area contributed by atoms with Gasteiger partial charge in [0.25, 0.3) is 0 Å². The molecule has 9 aromatic carbocycles. The zero-order valence-electron chi connectivity index (χ0n) is 31.8. The number of fused-ring (bicyclic) bond motifs is 3. The molecule has 2 heterocycles. The van der Waals surface area contributed by atoms with E-state index in [9.17, 15) is 0 Å². The number of hydrogen-bond donors (Lipinski definition) is 0. The molecule has 0 amide bonds. The van der Waals surface area contributed by atoms with Gasteiger partial charge in [-0.15, -0.1) is 0 Å². The van der Waals surface area contributed by atoms with E-state index in [2.05, 4.69) is 121 Å². The van der Waals surface area contributed by atoms with Crippen LogP contribution in [-0.4, -0.2) is 19.9 Å². The molecule has 5 heteroatoms. The Morgan fingerprint density at radius 2 is 0.814 bits per heavy atom. The summed E-state index contributed by atoms with van der Waals surface area (Å²) in [6.07, 6.45) is 0. The van der Waals surface area contributed by atoms with E-state index in [1.54, 1.807) is 0 Å². The summed E-state index contributed by atoms with van der Waals surface area (Å²) in [4.78, 5) is 19.8. The largest absolute Gasteiger partial charge is 0.436 e. The van der Waals surface area contributed by atoms with Crippen LogP contribution in [0.25, 0.3) is 112 Å². The summed E-state index contributed by atoms with van der Waals surface area (Å²) in [5.74, 6) is 2.53. The second-order valence-electron chi connectivity index (χ2n) is 14.6. The SMILES string of the molecule is c1ccc(-c2nc(-c3ccccc3)nc(-c3cccc(-c4c(-c5ccc(-c6ccc(-c7nc8ccccc8o7)c7ccccc67)cc5)ccc5ccccc45)c3)n2)cc1. The van der Waals surface area contributed by atoms with Crippen molar-refractivity contribution in [3.05, 3.63) is 206 Å². The molecule has 11 rings (SSSR count). The predicted molar refractivity (Wildman–Crippen MR) is 240 cm³/mol. The van der Waals surface area contributed by atoms with Crippen molar-refractivity contribution in [2.75, 3.05) is 0 Å². The van der Waals surface area contributed by atoms with Crippen LogP contribution in [0.15, 0.2) is 211 Å². The molecule has 0 spiro atoms. The van der Waals surface area contributed by atoms with Gasteiger partial charge >= 0.3 is 0 Å². The number of oxazole rings is 1. The molecule has 59 heavy (non-hydrogen) atoms. The van der Waals surface area contributed by atoms with E-state index < -0.39 is 0 Å². The second-order valence-corrected chi connectivity index (χ2v) is 14.6. The average molecular weight is 755 g/mol. The topological polar surface area (TPSA) is 64.7 Å². The standard InChI is InChI=1S/C54H34N4O/c1-3-15-38(16-4-1)51-56-52(39-17-5-2-6-18-39)58-53(57-51)41-20-13-19-40(34-41)50-43-21-8-7-14-35(43)30-31-44(50)37-28-26-36(27-29-37)42-32-33-47(46-23-10-9-22-45(42)46)54-55-48-24-11-12-25-49(48)59-54/h1-34H. The molecule has 0 aliphatic carbocycles. The maximum Gasteiger partial charge on any atom is 0.227 e. The Balaban J connectivity index is 1.01. The van der Waals surface area contributed by atoms with Crippen molar-refractivity contribution in [2.45, 2.75) is 0 Å². The first-order valence-electron chi connectivity index (χ1n) is 19.7. The Labute approximate surface area is 341 Å². The third-order valence-corrected chi connectivity index (χ3v) is 11.0. The summed E-state index contributed by atoms with van der Waals surface area (Å²) in [7, 11) is 0. The highest BCUT2D eigenvalue weighted by Gasteiger charge is 2.18. The Morgan fingerprint density at radius 3 is 1.51 bits per heavy atom. The fraction of sp³-hybridized carbons (Fsp3) is 0. The monoisotopic (exact) mass is 754 g/mol. The van der Waals surface area contributed by atoms with Crippen molar-refractivity contribution in [1.82, 2.24) is 19.9 Å². The number of rotatable bonds is 7. The molecule has 0 radical (unpaired) electrons. The quantitative estimate of drug-likeness (QED) is 0.162. The summed E-state index contributed by atoms with van der Waals surface area (Å²) in [6, 6.07) is 71.5.